The summed E-state index contributed by atoms with van der Waals surface area (Å²) in [5.74, 6) is -0.305. The monoisotopic (exact) mass is 584 g/mol. The summed E-state index contributed by atoms with van der Waals surface area (Å²) in [6.45, 7) is 1.71. The Kier molecular flexibility index (Phi) is 9.43. The lowest BCUT2D eigenvalue weighted by atomic mass is 9.97. The second-order valence-electron chi connectivity index (χ2n) is 8.46. The van der Waals surface area contributed by atoms with E-state index in [1.807, 2.05) is 0 Å². The first kappa shape index (κ1) is 30.0. The van der Waals surface area contributed by atoms with Crippen LogP contribution in [-0.4, -0.2) is 36.5 Å². The average molecular weight is 585 g/mol. The smallest absolute Gasteiger partial charge is 0.276 e. The van der Waals surface area contributed by atoms with Crippen LogP contribution in [0.1, 0.15) is 21.5 Å². The van der Waals surface area contributed by atoms with Gasteiger partial charge in [0.15, 0.2) is 5.03 Å². The van der Waals surface area contributed by atoms with Gasteiger partial charge in [0.25, 0.3) is 11.6 Å². The largest absolute Gasteiger partial charge is 0.497 e. The Bertz CT molecular complexity index is 1660. The quantitative estimate of drug-likeness (QED) is 0.140. The van der Waals surface area contributed by atoms with Crippen LogP contribution in [0.2, 0.25) is 0 Å². The number of carbonyl (C=O) groups is 1. The maximum atomic E-state index is 13.4. The molecular weight excluding hydrogens is 560 g/mol. The summed E-state index contributed by atoms with van der Waals surface area (Å²) in [5, 5.41) is 23.5. The van der Waals surface area contributed by atoms with Crippen molar-refractivity contribution in [2.45, 2.75) is 23.4 Å². The van der Waals surface area contributed by atoms with Crippen molar-refractivity contribution >= 4 is 39.5 Å². The number of halogens is 1. The van der Waals surface area contributed by atoms with E-state index in [0.717, 1.165) is 0 Å². The van der Waals surface area contributed by atoms with Crippen LogP contribution in [-0.2, 0) is 16.4 Å². The van der Waals surface area contributed by atoms with E-state index in [1.165, 1.54) is 49.7 Å². The molecule has 1 amide bonds. The van der Waals surface area contributed by atoms with Crippen molar-refractivity contribution in [1.82, 2.24) is 10.5 Å². The Labute approximate surface area is 236 Å². The standard InChI is InChI=1S/C27H24N4O7S.ClH/c1-17-13-20(18-5-3-7-21(14-18)31(34)35)15-24(26(32)30-33)25(17)29-16-19-6-4-12-28-27(19)39(36,37)23-10-8-22(38-2)9-11-23;/h3-15,29,33H,16H2,1-2H3,(H,30,32);1H. The molecule has 208 valence electrons. The predicted octanol–water partition coefficient (Wildman–Crippen LogP) is 4.96. The number of aromatic nitrogens is 1. The van der Waals surface area contributed by atoms with Gasteiger partial charge in [0.2, 0.25) is 9.84 Å². The Morgan fingerprint density at radius 1 is 1.05 bits per heavy atom. The van der Waals surface area contributed by atoms with Crippen LogP contribution in [0.4, 0.5) is 11.4 Å². The van der Waals surface area contributed by atoms with Gasteiger partial charge in [-0.05, 0) is 66.1 Å². The van der Waals surface area contributed by atoms with Crippen LogP contribution in [0.15, 0.2) is 88.9 Å². The van der Waals surface area contributed by atoms with Gasteiger partial charge in [0.1, 0.15) is 5.75 Å². The van der Waals surface area contributed by atoms with Gasteiger partial charge in [-0.15, -0.1) is 12.4 Å². The highest BCUT2D eigenvalue weighted by Crippen LogP contribution is 2.32. The van der Waals surface area contributed by atoms with Crippen LogP contribution >= 0.6 is 12.4 Å². The molecule has 13 heteroatoms. The second-order valence-corrected chi connectivity index (χ2v) is 10.3. The molecule has 0 bridgehead atoms. The normalized spacial score (nSPS) is 10.8. The third-order valence-corrected chi connectivity index (χ3v) is 7.77. The molecule has 0 aliphatic carbocycles. The van der Waals surface area contributed by atoms with E-state index in [4.69, 9.17) is 4.74 Å². The summed E-state index contributed by atoms with van der Waals surface area (Å²) >= 11 is 0. The number of amides is 1. The molecule has 0 saturated heterocycles. The molecule has 1 aromatic heterocycles. The molecule has 4 rings (SSSR count). The minimum atomic E-state index is -3.98. The number of hydroxylamine groups is 1. The molecular formula is C27H25ClN4O7S. The Hall–Kier alpha value is -4.52. The van der Waals surface area contributed by atoms with Gasteiger partial charge < -0.3 is 10.1 Å². The number of non-ortho nitro benzene ring substituents is 1. The minimum absolute atomic E-state index is 0. The van der Waals surface area contributed by atoms with Crippen molar-refractivity contribution in [2.75, 3.05) is 12.4 Å². The molecule has 0 spiro atoms. The van der Waals surface area contributed by atoms with Gasteiger partial charge in [-0.2, -0.15) is 0 Å². The second kappa shape index (κ2) is 12.6. The summed E-state index contributed by atoms with van der Waals surface area (Å²) in [6.07, 6.45) is 1.38. The van der Waals surface area contributed by atoms with Crippen LogP contribution in [0.25, 0.3) is 11.1 Å². The summed E-state index contributed by atoms with van der Waals surface area (Å²) < 4.78 is 31.8. The van der Waals surface area contributed by atoms with Crippen molar-refractivity contribution in [2.24, 2.45) is 0 Å². The number of sulfone groups is 1. The summed E-state index contributed by atoms with van der Waals surface area (Å²) in [6, 6.07) is 18.3. The van der Waals surface area contributed by atoms with Crippen molar-refractivity contribution in [3.8, 4) is 16.9 Å². The number of anilines is 1. The van der Waals surface area contributed by atoms with E-state index in [1.54, 1.807) is 48.8 Å². The first-order chi connectivity index (χ1) is 18.6. The highest BCUT2D eigenvalue weighted by atomic mass is 35.5. The Balaban J connectivity index is 0.00000441. The van der Waals surface area contributed by atoms with Gasteiger partial charge in [-0.25, -0.2) is 18.9 Å². The van der Waals surface area contributed by atoms with Gasteiger partial charge in [-0.3, -0.25) is 20.1 Å². The van der Waals surface area contributed by atoms with Gasteiger partial charge in [-0.1, -0.05) is 18.2 Å². The number of nitrogens with zero attached hydrogens (tertiary/aromatic N) is 2. The van der Waals surface area contributed by atoms with Crippen LogP contribution in [0.5, 0.6) is 5.75 Å². The van der Waals surface area contributed by atoms with E-state index in [2.05, 4.69) is 10.3 Å². The van der Waals surface area contributed by atoms with Crippen molar-refractivity contribution in [3.63, 3.8) is 0 Å². The first-order valence-electron chi connectivity index (χ1n) is 11.6. The summed E-state index contributed by atoms with van der Waals surface area (Å²) in [7, 11) is -2.49. The number of hydrogen-bond donors (Lipinski definition) is 3. The lowest BCUT2D eigenvalue weighted by Gasteiger charge is -2.17. The predicted molar refractivity (Wildman–Crippen MR) is 150 cm³/mol. The molecule has 0 unspecified atom stereocenters. The molecule has 40 heavy (non-hydrogen) atoms. The first-order valence-corrected chi connectivity index (χ1v) is 13.0. The maximum absolute atomic E-state index is 13.4. The van der Waals surface area contributed by atoms with Crippen molar-refractivity contribution < 1.29 is 28.1 Å². The fourth-order valence-electron chi connectivity index (χ4n) is 4.08. The number of nitro groups is 1. The van der Waals surface area contributed by atoms with Crippen LogP contribution in [0, 0.1) is 17.0 Å². The summed E-state index contributed by atoms with van der Waals surface area (Å²) in [4.78, 5) is 27.4. The summed E-state index contributed by atoms with van der Waals surface area (Å²) in [5.41, 5.74) is 3.87. The highest BCUT2D eigenvalue weighted by Gasteiger charge is 2.24. The van der Waals surface area contributed by atoms with Crippen molar-refractivity contribution in [3.05, 3.63) is 106 Å². The number of pyridine rings is 1. The number of methoxy groups -OCH3 is 1. The number of rotatable bonds is 9. The van der Waals surface area contributed by atoms with E-state index in [-0.39, 0.29) is 40.1 Å². The Morgan fingerprint density at radius 3 is 2.42 bits per heavy atom. The molecule has 11 nitrogen and oxygen atoms in total. The number of nitro benzene ring substituents is 1. The fraction of sp³-hybridized carbons (Fsp3) is 0.111. The molecule has 0 saturated carbocycles. The zero-order valence-electron chi connectivity index (χ0n) is 21.3. The Morgan fingerprint density at radius 2 is 1.77 bits per heavy atom. The number of nitrogens with one attached hydrogen (secondary N) is 2. The van der Waals surface area contributed by atoms with Crippen molar-refractivity contribution in [1.29, 1.82) is 0 Å². The third kappa shape index (κ3) is 6.20. The number of ether oxygens (including phenoxy) is 1. The van der Waals surface area contributed by atoms with Crippen LogP contribution < -0.4 is 15.5 Å². The molecule has 0 aliphatic heterocycles. The zero-order valence-corrected chi connectivity index (χ0v) is 23.0. The van der Waals surface area contributed by atoms with E-state index >= 15 is 0 Å². The number of benzene rings is 3. The van der Waals surface area contributed by atoms with Gasteiger partial charge in [0, 0.05) is 30.4 Å². The molecule has 0 aliphatic rings. The SMILES string of the molecule is COc1ccc(S(=O)(=O)c2ncccc2CNc2c(C)cc(-c3cccc([N+](=O)[O-])c3)cc2C(=O)NO)cc1.Cl. The fourth-order valence-corrected chi connectivity index (χ4v) is 5.48. The lowest BCUT2D eigenvalue weighted by molar-refractivity contribution is -0.384. The topological polar surface area (TPSA) is 161 Å². The van der Waals surface area contributed by atoms with E-state index in [0.29, 0.717) is 33.7 Å². The van der Waals surface area contributed by atoms with E-state index < -0.39 is 20.7 Å². The highest BCUT2D eigenvalue weighted by molar-refractivity contribution is 7.91. The minimum Gasteiger partial charge on any atom is -0.497 e. The number of aryl methyl sites for hydroxylation is 1. The average Bonchev–Trinajstić information content (AvgIpc) is 2.96. The number of hydrogen-bond acceptors (Lipinski definition) is 9. The molecule has 1 heterocycles. The molecule has 0 atom stereocenters. The van der Waals surface area contributed by atoms with Crippen LogP contribution in [0.3, 0.4) is 0 Å². The molecule has 0 fully saturated rings. The van der Waals surface area contributed by atoms with Gasteiger partial charge >= 0.3 is 0 Å². The third-order valence-electron chi connectivity index (χ3n) is 6.00. The molecule has 3 aromatic carbocycles. The number of carbonyl (C=O) groups excluding carboxylic acids is 1. The zero-order chi connectivity index (χ0) is 28.2. The van der Waals surface area contributed by atoms with Gasteiger partial charge in [0.05, 0.1) is 28.2 Å². The molecule has 3 N–H and O–H groups in total. The van der Waals surface area contributed by atoms with E-state index in [9.17, 15) is 28.5 Å². The molecule has 0 radical (unpaired) electrons. The lowest BCUT2D eigenvalue weighted by Crippen LogP contribution is -2.21. The maximum Gasteiger partial charge on any atom is 0.276 e. The molecule has 4 aromatic rings.